The van der Waals surface area contributed by atoms with Gasteiger partial charge >= 0.3 is 5.97 Å². The maximum absolute atomic E-state index is 11.3. The molecule has 7 heteroatoms. The van der Waals surface area contributed by atoms with E-state index in [0.717, 1.165) is 3.79 Å². The number of carbonyl (C=O) groups excluding carboxylic acids is 2. The molecule has 0 saturated carbocycles. The Balaban J connectivity index is 0.000000250. The van der Waals surface area contributed by atoms with Gasteiger partial charge in [0.05, 0.1) is 19.1 Å². The molecule has 2 aromatic rings. The predicted molar refractivity (Wildman–Crippen MR) is 85.0 cm³/mol. The Hall–Kier alpha value is -0.500. The normalized spacial score (nSPS) is 9.42. The number of halogens is 2. The fourth-order valence-electron chi connectivity index (χ4n) is 0.992. The minimum absolute atomic E-state index is 0.219. The lowest BCUT2D eigenvalue weighted by Gasteiger charge is -1.96. The average molecular weight is 426 g/mol. The predicted octanol–water partition coefficient (Wildman–Crippen LogP) is 4.77. The summed E-state index contributed by atoms with van der Waals surface area (Å²) in [6.45, 7) is 1.88. The zero-order chi connectivity index (χ0) is 14.3. The van der Waals surface area contributed by atoms with Crippen LogP contribution >= 0.6 is 54.5 Å². The first-order valence-corrected chi connectivity index (χ1v) is 8.48. The topological polar surface area (TPSA) is 43.4 Å². The summed E-state index contributed by atoms with van der Waals surface area (Å²) in [7, 11) is 0. The van der Waals surface area contributed by atoms with Gasteiger partial charge in [0.2, 0.25) is 0 Å². The van der Waals surface area contributed by atoms with Crippen LogP contribution in [0.1, 0.15) is 16.6 Å². The number of rotatable bonds is 3. The molecule has 2 heterocycles. The van der Waals surface area contributed by atoms with Crippen LogP contribution in [0.3, 0.4) is 0 Å². The SMILES string of the molecule is Brc1cccs1.CCOC(=O)C(=O)c1ccc(Br)s1. The minimum atomic E-state index is -0.795. The molecule has 0 aliphatic rings. The molecular weight excluding hydrogens is 416 g/mol. The average Bonchev–Trinajstić information content (AvgIpc) is 3.01. The molecule has 0 bridgehead atoms. The van der Waals surface area contributed by atoms with E-state index in [-0.39, 0.29) is 6.61 Å². The summed E-state index contributed by atoms with van der Waals surface area (Å²) in [5.41, 5.74) is 0. The molecule has 0 radical (unpaired) electrons. The second-order valence-electron chi connectivity index (χ2n) is 3.07. The summed E-state index contributed by atoms with van der Waals surface area (Å²) >= 11 is 9.41. The quantitative estimate of drug-likeness (QED) is 0.404. The van der Waals surface area contributed by atoms with Gasteiger partial charge in [-0.1, -0.05) is 6.07 Å². The summed E-state index contributed by atoms with van der Waals surface area (Å²) in [5.74, 6) is -1.38. The lowest BCUT2D eigenvalue weighted by atomic mass is 10.3. The molecule has 0 spiro atoms. The fraction of sp³-hybridized carbons (Fsp3) is 0.167. The lowest BCUT2D eigenvalue weighted by molar-refractivity contribution is -0.137. The Morgan fingerprint density at radius 3 is 2.32 bits per heavy atom. The van der Waals surface area contributed by atoms with Crippen molar-refractivity contribution in [2.24, 2.45) is 0 Å². The highest BCUT2D eigenvalue weighted by atomic mass is 79.9. The number of carbonyl (C=O) groups is 2. The van der Waals surface area contributed by atoms with Crippen LogP contribution in [0.25, 0.3) is 0 Å². The van der Waals surface area contributed by atoms with Gasteiger partial charge in [-0.25, -0.2) is 4.79 Å². The van der Waals surface area contributed by atoms with Crippen LogP contribution in [0.5, 0.6) is 0 Å². The number of esters is 1. The monoisotopic (exact) mass is 424 g/mol. The van der Waals surface area contributed by atoms with Gasteiger partial charge in [-0.15, -0.1) is 22.7 Å². The third-order valence-corrected chi connectivity index (χ3v) is 4.85. The zero-order valence-electron chi connectivity index (χ0n) is 9.89. The van der Waals surface area contributed by atoms with Crippen molar-refractivity contribution < 1.29 is 14.3 Å². The van der Waals surface area contributed by atoms with Crippen molar-refractivity contribution in [2.45, 2.75) is 6.92 Å². The summed E-state index contributed by atoms with van der Waals surface area (Å²) in [5, 5.41) is 2.03. The van der Waals surface area contributed by atoms with Crippen LogP contribution in [-0.2, 0) is 9.53 Å². The van der Waals surface area contributed by atoms with Crippen molar-refractivity contribution in [1.82, 2.24) is 0 Å². The highest BCUT2D eigenvalue weighted by Gasteiger charge is 2.18. The van der Waals surface area contributed by atoms with Crippen LogP contribution in [0.2, 0.25) is 0 Å². The molecule has 19 heavy (non-hydrogen) atoms. The number of hydrogen-bond donors (Lipinski definition) is 0. The molecule has 3 nitrogen and oxygen atoms in total. The maximum Gasteiger partial charge on any atom is 0.380 e. The van der Waals surface area contributed by atoms with Gasteiger partial charge < -0.3 is 4.74 Å². The van der Waals surface area contributed by atoms with E-state index in [2.05, 4.69) is 36.6 Å². The van der Waals surface area contributed by atoms with Gasteiger partial charge in [-0.2, -0.15) is 0 Å². The molecule has 0 aromatic carbocycles. The second-order valence-corrected chi connectivity index (χ2v) is 7.86. The van der Waals surface area contributed by atoms with Crippen LogP contribution in [0, 0.1) is 0 Å². The molecule has 2 aromatic heterocycles. The van der Waals surface area contributed by atoms with E-state index < -0.39 is 11.8 Å². The van der Waals surface area contributed by atoms with Crippen LogP contribution in [-0.4, -0.2) is 18.4 Å². The van der Waals surface area contributed by atoms with Gasteiger partial charge in [-0.3, -0.25) is 4.79 Å². The number of Topliss-reactive ketones (excluding diaryl/α,β-unsaturated/α-hetero) is 1. The summed E-state index contributed by atoms with van der Waals surface area (Å²) in [4.78, 5) is 22.6. The van der Waals surface area contributed by atoms with Crippen molar-refractivity contribution >= 4 is 66.3 Å². The zero-order valence-corrected chi connectivity index (χ0v) is 14.7. The number of hydrogen-bond acceptors (Lipinski definition) is 5. The molecule has 0 aliphatic carbocycles. The highest BCUT2D eigenvalue weighted by molar-refractivity contribution is 9.11. The van der Waals surface area contributed by atoms with Crippen molar-refractivity contribution in [3.8, 4) is 0 Å². The van der Waals surface area contributed by atoms with Gasteiger partial charge in [-0.05, 0) is 62.4 Å². The Morgan fingerprint density at radius 1 is 1.21 bits per heavy atom. The third kappa shape index (κ3) is 5.99. The Kier molecular flexibility index (Phi) is 7.52. The minimum Gasteiger partial charge on any atom is -0.460 e. The van der Waals surface area contributed by atoms with Crippen LogP contribution < -0.4 is 0 Å². The smallest absolute Gasteiger partial charge is 0.380 e. The maximum atomic E-state index is 11.3. The molecule has 102 valence electrons. The Labute approximate surface area is 135 Å². The first-order valence-electron chi connectivity index (χ1n) is 5.20. The highest BCUT2D eigenvalue weighted by Crippen LogP contribution is 2.22. The van der Waals surface area contributed by atoms with Crippen molar-refractivity contribution in [3.05, 3.63) is 42.1 Å². The van der Waals surface area contributed by atoms with Gasteiger partial charge in [0.15, 0.2) is 0 Å². The summed E-state index contributed by atoms with van der Waals surface area (Å²) in [6.07, 6.45) is 0. The Bertz CT molecular complexity index is 535. The number of ether oxygens (including phenoxy) is 1. The molecule has 2 rings (SSSR count). The van der Waals surface area contributed by atoms with Crippen LogP contribution in [0.15, 0.2) is 37.2 Å². The molecule has 0 N–H and O–H groups in total. The van der Waals surface area contributed by atoms with E-state index in [4.69, 9.17) is 0 Å². The van der Waals surface area contributed by atoms with E-state index >= 15 is 0 Å². The van der Waals surface area contributed by atoms with Gasteiger partial charge in [0.1, 0.15) is 0 Å². The molecule has 0 atom stereocenters. The number of ketones is 1. The fourth-order valence-corrected chi connectivity index (χ4v) is 3.23. The first kappa shape index (κ1) is 16.6. The largest absolute Gasteiger partial charge is 0.460 e. The number of thiophene rings is 2. The summed E-state index contributed by atoms with van der Waals surface area (Å²) in [6, 6.07) is 7.34. The lowest BCUT2D eigenvalue weighted by Crippen LogP contribution is -2.16. The van der Waals surface area contributed by atoms with Crippen LogP contribution in [0.4, 0.5) is 0 Å². The Morgan fingerprint density at radius 2 is 1.95 bits per heavy atom. The van der Waals surface area contributed by atoms with E-state index in [1.807, 2.05) is 17.5 Å². The third-order valence-electron chi connectivity index (χ3n) is 1.74. The van der Waals surface area contributed by atoms with Gasteiger partial charge in [0.25, 0.3) is 5.78 Å². The van der Waals surface area contributed by atoms with E-state index in [1.54, 1.807) is 30.4 Å². The second kappa shape index (κ2) is 8.63. The molecule has 0 aliphatic heterocycles. The molecule has 0 fully saturated rings. The first-order chi connectivity index (χ1) is 9.04. The van der Waals surface area contributed by atoms with Crippen molar-refractivity contribution in [1.29, 1.82) is 0 Å². The van der Waals surface area contributed by atoms with E-state index in [9.17, 15) is 9.59 Å². The summed E-state index contributed by atoms with van der Waals surface area (Å²) < 4.78 is 6.59. The van der Waals surface area contributed by atoms with E-state index in [0.29, 0.717) is 4.88 Å². The van der Waals surface area contributed by atoms with Crippen molar-refractivity contribution in [2.75, 3.05) is 6.61 Å². The standard InChI is InChI=1S/C8H7BrO3S.C4H3BrS/c1-2-12-8(11)7(10)5-3-4-6(9)13-5;5-4-2-1-3-6-4/h3-4H,2H2,1H3;1-3H. The van der Waals surface area contributed by atoms with Crippen molar-refractivity contribution in [3.63, 3.8) is 0 Å². The van der Waals surface area contributed by atoms with Gasteiger partial charge in [0, 0.05) is 0 Å². The molecule has 0 unspecified atom stereocenters. The molecule has 0 amide bonds. The molecular formula is C12H10Br2O3S2. The molecule has 0 saturated heterocycles. The van der Waals surface area contributed by atoms with E-state index in [1.165, 1.54) is 15.1 Å².